The molecule has 2 aromatic rings. The predicted octanol–water partition coefficient (Wildman–Crippen LogP) is 4.06. The Kier molecular flexibility index (Phi) is 6.41. The van der Waals surface area contributed by atoms with E-state index in [1.54, 1.807) is 7.11 Å². The second-order valence-corrected chi connectivity index (χ2v) is 6.22. The molecule has 0 aliphatic heterocycles. The van der Waals surface area contributed by atoms with Crippen molar-refractivity contribution >= 4 is 17.3 Å². The Morgan fingerprint density at radius 2 is 1.70 bits per heavy atom. The van der Waals surface area contributed by atoms with Gasteiger partial charge in [0.15, 0.2) is 5.11 Å². The average Bonchev–Trinajstić information content (AvgIpc) is 2.58. The average molecular weight is 328 g/mol. The van der Waals surface area contributed by atoms with Gasteiger partial charge in [-0.25, -0.2) is 0 Å². The van der Waals surface area contributed by atoms with Crippen molar-refractivity contribution in [3.05, 3.63) is 65.7 Å². The van der Waals surface area contributed by atoms with E-state index >= 15 is 0 Å². The molecule has 0 saturated carbocycles. The summed E-state index contributed by atoms with van der Waals surface area (Å²) in [7, 11) is 1.68. The van der Waals surface area contributed by atoms with Crippen molar-refractivity contribution in [2.24, 2.45) is 5.92 Å². The van der Waals surface area contributed by atoms with Crippen LogP contribution in [0, 0.1) is 5.92 Å². The standard InChI is InChI=1S/C19H24N2OS/c1-14(2)18(16-9-11-17(22-3)12-10-16)21-19(23)20-13-15-7-5-4-6-8-15/h4-12,14,18H,13H2,1-3H3,(H2,20,21,23)/t18-/m1/s1. The SMILES string of the molecule is COc1ccc([C@H](NC(=S)NCc2ccccc2)C(C)C)cc1. The molecule has 0 aliphatic carbocycles. The van der Waals surface area contributed by atoms with Gasteiger partial charge in [-0.05, 0) is 41.4 Å². The molecule has 0 radical (unpaired) electrons. The largest absolute Gasteiger partial charge is 0.497 e. The second-order valence-electron chi connectivity index (χ2n) is 5.81. The van der Waals surface area contributed by atoms with Crippen LogP contribution in [0.1, 0.15) is 31.0 Å². The lowest BCUT2D eigenvalue weighted by molar-refractivity contribution is 0.413. The Balaban J connectivity index is 1.96. The normalized spacial score (nSPS) is 11.8. The van der Waals surface area contributed by atoms with Crippen LogP contribution in [0.3, 0.4) is 0 Å². The first kappa shape index (κ1) is 17.3. The maximum atomic E-state index is 5.45. The van der Waals surface area contributed by atoms with Crippen LogP contribution in [0.15, 0.2) is 54.6 Å². The lowest BCUT2D eigenvalue weighted by Crippen LogP contribution is -2.39. The zero-order valence-electron chi connectivity index (χ0n) is 13.9. The van der Waals surface area contributed by atoms with Gasteiger partial charge < -0.3 is 15.4 Å². The van der Waals surface area contributed by atoms with Gasteiger partial charge >= 0.3 is 0 Å². The minimum absolute atomic E-state index is 0.164. The molecule has 2 N–H and O–H groups in total. The van der Waals surface area contributed by atoms with Crippen molar-refractivity contribution in [1.29, 1.82) is 0 Å². The molecular formula is C19H24N2OS. The molecule has 1 atom stereocenters. The Hall–Kier alpha value is -2.07. The molecule has 2 aromatic carbocycles. The van der Waals surface area contributed by atoms with Gasteiger partial charge in [-0.2, -0.15) is 0 Å². The highest BCUT2D eigenvalue weighted by molar-refractivity contribution is 7.80. The molecule has 0 saturated heterocycles. The minimum Gasteiger partial charge on any atom is -0.497 e. The summed E-state index contributed by atoms with van der Waals surface area (Å²) in [4.78, 5) is 0. The Labute approximate surface area is 144 Å². The van der Waals surface area contributed by atoms with Crippen molar-refractivity contribution in [3.8, 4) is 5.75 Å². The lowest BCUT2D eigenvalue weighted by atomic mass is 9.96. The third-order valence-corrected chi connectivity index (χ3v) is 3.99. The third kappa shape index (κ3) is 5.25. The number of thiocarbonyl (C=S) groups is 1. The fourth-order valence-corrected chi connectivity index (χ4v) is 2.62. The van der Waals surface area contributed by atoms with Gasteiger partial charge in [0.05, 0.1) is 13.2 Å². The van der Waals surface area contributed by atoms with Crippen molar-refractivity contribution < 1.29 is 4.74 Å². The molecular weight excluding hydrogens is 304 g/mol. The van der Waals surface area contributed by atoms with E-state index in [0.717, 1.165) is 12.3 Å². The van der Waals surface area contributed by atoms with Crippen molar-refractivity contribution in [2.45, 2.75) is 26.4 Å². The van der Waals surface area contributed by atoms with Gasteiger partial charge in [-0.1, -0.05) is 56.3 Å². The highest BCUT2D eigenvalue weighted by Gasteiger charge is 2.16. The number of nitrogens with one attached hydrogen (secondary N) is 2. The van der Waals surface area contributed by atoms with Gasteiger partial charge in [0, 0.05) is 6.54 Å². The van der Waals surface area contributed by atoms with Crippen LogP contribution in [0.5, 0.6) is 5.75 Å². The molecule has 122 valence electrons. The quantitative estimate of drug-likeness (QED) is 0.784. The molecule has 0 aromatic heterocycles. The maximum Gasteiger partial charge on any atom is 0.167 e. The first-order valence-electron chi connectivity index (χ1n) is 7.82. The summed E-state index contributed by atoms with van der Waals surface area (Å²) in [5.74, 6) is 1.28. The summed E-state index contributed by atoms with van der Waals surface area (Å²) in [6.45, 7) is 5.09. The summed E-state index contributed by atoms with van der Waals surface area (Å²) in [6.07, 6.45) is 0. The van der Waals surface area contributed by atoms with Crippen LogP contribution in [-0.2, 0) is 6.54 Å². The highest BCUT2D eigenvalue weighted by Crippen LogP contribution is 2.23. The Bertz CT molecular complexity index is 611. The molecule has 0 unspecified atom stereocenters. The van der Waals surface area contributed by atoms with E-state index in [1.807, 2.05) is 30.3 Å². The summed E-state index contributed by atoms with van der Waals surface area (Å²) in [5, 5.41) is 7.36. The summed E-state index contributed by atoms with van der Waals surface area (Å²) >= 11 is 5.45. The number of hydrogen-bond acceptors (Lipinski definition) is 2. The molecule has 0 bridgehead atoms. The zero-order chi connectivity index (χ0) is 16.7. The molecule has 2 rings (SSSR count). The van der Waals surface area contributed by atoms with Gasteiger partial charge in [-0.15, -0.1) is 0 Å². The van der Waals surface area contributed by atoms with Gasteiger partial charge in [0.2, 0.25) is 0 Å². The van der Waals surface area contributed by atoms with Crippen molar-refractivity contribution in [1.82, 2.24) is 10.6 Å². The van der Waals surface area contributed by atoms with Crippen LogP contribution in [0.2, 0.25) is 0 Å². The first-order valence-corrected chi connectivity index (χ1v) is 8.23. The molecule has 0 heterocycles. The third-order valence-electron chi connectivity index (χ3n) is 3.72. The first-order chi connectivity index (χ1) is 11.1. The Morgan fingerprint density at radius 3 is 2.26 bits per heavy atom. The van der Waals surface area contributed by atoms with E-state index < -0.39 is 0 Å². The second kappa shape index (κ2) is 8.53. The molecule has 0 spiro atoms. The van der Waals surface area contributed by atoms with E-state index in [9.17, 15) is 0 Å². The van der Waals surface area contributed by atoms with Crippen molar-refractivity contribution in [3.63, 3.8) is 0 Å². The fourth-order valence-electron chi connectivity index (χ4n) is 2.42. The van der Waals surface area contributed by atoms with Crippen LogP contribution in [0.25, 0.3) is 0 Å². The van der Waals surface area contributed by atoms with Crippen LogP contribution in [0.4, 0.5) is 0 Å². The molecule has 0 fully saturated rings. The fraction of sp³-hybridized carbons (Fsp3) is 0.316. The molecule has 23 heavy (non-hydrogen) atoms. The number of ether oxygens (including phenoxy) is 1. The number of benzene rings is 2. The van der Waals surface area contributed by atoms with E-state index in [-0.39, 0.29) is 6.04 Å². The molecule has 0 aliphatic rings. The van der Waals surface area contributed by atoms with Crippen LogP contribution >= 0.6 is 12.2 Å². The monoisotopic (exact) mass is 328 g/mol. The van der Waals surface area contributed by atoms with Gasteiger partial charge in [-0.3, -0.25) is 0 Å². The molecule has 3 nitrogen and oxygen atoms in total. The summed E-state index contributed by atoms with van der Waals surface area (Å²) in [6, 6.07) is 18.5. The summed E-state index contributed by atoms with van der Waals surface area (Å²) < 4.78 is 5.22. The minimum atomic E-state index is 0.164. The predicted molar refractivity (Wildman–Crippen MR) is 99.6 cm³/mol. The zero-order valence-corrected chi connectivity index (χ0v) is 14.7. The smallest absolute Gasteiger partial charge is 0.167 e. The number of rotatable bonds is 6. The van der Waals surface area contributed by atoms with Crippen molar-refractivity contribution in [2.75, 3.05) is 7.11 Å². The van der Waals surface area contributed by atoms with Crippen LogP contribution in [-0.4, -0.2) is 12.2 Å². The topological polar surface area (TPSA) is 33.3 Å². The van der Waals surface area contributed by atoms with E-state index in [2.05, 4.69) is 48.7 Å². The molecule has 0 amide bonds. The number of hydrogen-bond donors (Lipinski definition) is 2. The van der Waals surface area contributed by atoms with Gasteiger partial charge in [0.1, 0.15) is 5.75 Å². The highest BCUT2D eigenvalue weighted by atomic mass is 32.1. The van der Waals surface area contributed by atoms with Gasteiger partial charge in [0.25, 0.3) is 0 Å². The lowest BCUT2D eigenvalue weighted by Gasteiger charge is -2.25. The van der Waals surface area contributed by atoms with E-state index in [0.29, 0.717) is 11.0 Å². The summed E-state index contributed by atoms with van der Waals surface area (Å²) in [5.41, 5.74) is 2.41. The van der Waals surface area contributed by atoms with E-state index in [4.69, 9.17) is 17.0 Å². The van der Waals surface area contributed by atoms with E-state index in [1.165, 1.54) is 11.1 Å². The maximum absolute atomic E-state index is 5.45. The molecule has 4 heteroatoms. The Morgan fingerprint density at radius 1 is 1.04 bits per heavy atom. The number of methoxy groups -OCH3 is 1. The van der Waals surface area contributed by atoms with Crippen LogP contribution < -0.4 is 15.4 Å².